The van der Waals surface area contributed by atoms with Crippen molar-refractivity contribution in [1.29, 1.82) is 0 Å². The van der Waals surface area contributed by atoms with Gasteiger partial charge in [-0.2, -0.15) is 0 Å². The minimum Gasteiger partial charge on any atom is -0.455 e. The van der Waals surface area contributed by atoms with E-state index in [1.54, 1.807) is 0 Å². The van der Waals surface area contributed by atoms with E-state index >= 15 is 0 Å². The van der Waals surface area contributed by atoms with E-state index in [1.165, 1.54) is 5.56 Å². The Balaban J connectivity index is 2.57. The molecule has 0 aliphatic heterocycles. The van der Waals surface area contributed by atoms with Crippen LogP contribution in [0.1, 0.15) is 19.4 Å². The minimum atomic E-state index is -0.361. The second kappa shape index (κ2) is 6.04. The summed E-state index contributed by atoms with van der Waals surface area (Å²) in [6.07, 6.45) is 1.01. The van der Waals surface area contributed by atoms with Gasteiger partial charge in [-0.3, -0.25) is 0 Å². The molecule has 3 heteroatoms. The maximum absolute atomic E-state index is 5.49. The molecule has 0 aliphatic carbocycles. The number of halogens is 1. The third-order valence-electron chi connectivity index (χ3n) is 1.83. The smallest absolute Gasteiger partial charge is 0.257 e. The predicted octanol–water partition coefficient (Wildman–Crippen LogP) is 3.34. The number of benzene rings is 1. The molecule has 0 amide bonds. The summed E-state index contributed by atoms with van der Waals surface area (Å²) < 4.78 is 10.7. The Morgan fingerprint density at radius 2 is 2.14 bits per heavy atom. The topological polar surface area (TPSA) is 18.5 Å². The van der Waals surface area contributed by atoms with Crippen molar-refractivity contribution in [3.05, 3.63) is 29.8 Å². The van der Waals surface area contributed by atoms with Crippen molar-refractivity contribution in [2.45, 2.75) is 25.5 Å². The maximum atomic E-state index is 5.49. The van der Waals surface area contributed by atoms with Crippen LogP contribution in [0.4, 0.5) is 0 Å². The minimum absolute atomic E-state index is 0.361. The largest absolute Gasteiger partial charge is 0.455 e. The van der Waals surface area contributed by atoms with Crippen molar-refractivity contribution in [3.63, 3.8) is 0 Å². The summed E-state index contributed by atoms with van der Waals surface area (Å²) in [5, 5.41) is -0.361. The molecular formula is C11H15BrO2. The Kier molecular flexibility index (Phi) is 4.98. The van der Waals surface area contributed by atoms with Gasteiger partial charge in [0.15, 0.2) is 0 Å². The van der Waals surface area contributed by atoms with Crippen LogP contribution in [0.25, 0.3) is 0 Å². The lowest BCUT2D eigenvalue weighted by atomic mass is 10.2. The first-order valence-electron chi connectivity index (χ1n) is 4.77. The summed E-state index contributed by atoms with van der Waals surface area (Å²) in [6.45, 7) is 4.68. The van der Waals surface area contributed by atoms with Crippen LogP contribution < -0.4 is 4.74 Å². The average Bonchev–Trinajstić information content (AvgIpc) is 2.18. The molecule has 0 aromatic heterocycles. The van der Waals surface area contributed by atoms with Crippen LogP contribution in [0, 0.1) is 0 Å². The average molecular weight is 259 g/mol. The van der Waals surface area contributed by atoms with E-state index in [0.29, 0.717) is 6.61 Å². The molecule has 0 fully saturated rings. The van der Waals surface area contributed by atoms with Crippen LogP contribution >= 0.6 is 15.9 Å². The van der Waals surface area contributed by atoms with E-state index in [1.807, 2.05) is 25.1 Å². The summed E-state index contributed by atoms with van der Waals surface area (Å²) >= 11 is 3.28. The second-order valence-electron chi connectivity index (χ2n) is 2.85. The van der Waals surface area contributed by atoms with E-state index in [9.17, 15) is 0 Å². The number of hydrogen-bond acceptors (Lipinski definition) is 2. The summed E-state index contributed by atoms with van der Waals surface area (Å²) in [5.74, 6) is 0.833. The standard InChI is InChI=1S/C11H15BrO2/c1-3-9-6-5-7-10(8-9)14-11(12)13-4-2/h5-8,11H,3-4H2,1-2H3. The quantitative estimate of drug-likeness (QED) is 0.596. The molecule has 1 aromatic carbocycles. The van der Waals surface area contributed by atoms with Crippen molar-refractivity contribution >= 4 is 15.9 Å². The lowest BCUT2D eigenvalue weighted by Crippen LogP contribution is -2.12. The van der Waals surface area contributed by atoms with Crippen LogP contribution in [0.2, 0.25) is 0 Å². The van der Waals surface area contributed by atoms with Gasteiger partial charge in [0.1, 0.15) is 5.75 Å². The summed E-state index contributed by atoms with van der Waals surface area (Å²) in [4.78, 5) is 0. The van der Waals surface area contributed by atoms with Crippen molar-refractivity contribution in [3.8, 4) is 5.75 Å². The van der Waals surface area contributed by atoms with Gasteiger partial charge in [0.05, 0.1) is 0 Å². The van der Waals surface area contributed by atoms with Crippen LogP contribution in [0.5, 0.6) is 5.75 Å². The molecule has 2 nitrogen and oxygen atoms in total. The maximum Gasteiger partial charge on any atom is 0.257 e. The molecule has 0 saturated heterocycles. The normalized spacial score (nSPS) is 12.5. The zero-order chi connectivity index (χ0) is 10.4. The Bertz CT molecular complexity index is 276. The van der Waals surface area contributed by atoms with Gasteiger partial charge in [-0.1, -0.05) is 19.1 Å². The first-order valence-corrected chi connectivity index (χ1v) is 5.69. The molecule has 0 aliphatic rings. The number of rotatable bonds is 5. The molecule has 78 valence electrons. The first-order chi connectivity index (χ1) is 6.76. The fourth-order valence-electron chi connectivity index (χ4n) is 1.11. The highest BCUT2D eigenvalue weighted by Crippen LogP contribution is 2.17. The second-order valence-corrected chi connectivity index (χ2v) is 3.60. The van der Waals surface area contributed by atoms with E-state index in [0.717, 1.165) is 12.2 Å². The molecule has 0 bridgehead atoms. The van der Waals surface area contributed by atoms with Crippen LogP contribution in [-0.2, 0) is 11.2 Å². The fourth-order valence-corrected chi connectivity index (χ4v) is 1.59. The number of hydrogen-bond donors (Lipinski definition) is 0. The molecule has 0 saturated carbocycles. The van der Waals surface area contributed by atoms with Crippen molar-refractivity contribution in [2.75, 3.05) is 6.61 Å². The molecule has 1 unspecified atom stereocenters. The molecule has 0 N–H and O–H groups in total. The molecule has 14 heavy (non-hydrogen) atoms. The van der Waals surface area contributed by atoms with Crippen LogP contribution in [0.3, 0.4) is 0 Å². The molecule has 0 spiro atoms. The Morgan fingerprint density at radius 1 is 1.36 bits per heavy atom. The highest BCUT2D eigenvalue weighted by atomic mass is 79.9. The lowest BCUT2D eigenvalue weighted by molar-refractivity contribution is -0.00287. The number of ether oxygens (including phenoxy) is 2. The Morgan fingerprint density at radius 3 is 2.79 bits per heavy atom. The fraction of sp³-hybridized carbons (Fsp3) is 0.455. The zero-order valence-electron chi connectivity index (χ0n) is 8.50. The number of aryl methyl sites for hydroxylation is 1. The summed E-state index contributed by atoms with van der Waals surface area (Å²) in [7, 11) is 0. The van der Waals surface area contributed by atoms with Crippen molar-refractivity contribution in [2.24, 2.45) is 0 Å². The highest BCUT2D eigenvalue weighted by Gasteiger charge is 2.04. The Labute approximate surface area is 93.4 Å². The monoisotopic (exact) mass is 258 g/mol. The van der Waals surface area contributed by atoms with E-state index in [2.05, 4.69) is 28.9 Å². The van der Waals surface area contributed by atoms with Gasteiger partial charge in [-0.05, 0) is 47.0 Å². The first kappa shape index (κ1) is 11.5. The van der Waals surface area contributed by atoms with E-state index in [4.69, 9.17) is 9.47 Å². The lowest BCUT2D eigenvalue weighted by Gasteiger charge is -2.12. The van der Waals surface area contributed by atoms with Crippen LogP contribution in [-0.4, -0.2) is 11.8 Å². The predicted molar refractivity (Wildman–Crippen MR) is 60.8 cm³/mol. The van der Waals surface area contributed by atoms with Gasteiger partial charge in [-0.15, -0.1) is 0 Å². The van der Waals surface area contributed by atoms with E-state index in [-0.39, 0.29) is 5.20 Å². The molecule has 1 atom stereocenters. The molecule has 0 radical (unpaired) electrons. The van der Waals surface area contributed by atoms with Crippen molar-refractivity contribution in [1.82, 2.24) is 0 Å². The van der Waals surface area contributed by atoms with Gasteiger partial charge < -0.3 is 9.47 Å². The highest BCUT2D eigenvalue weighted by molar-refractivity contribution is 9.09. The summed E-state index contributed by atoms with van der Waals surface area (Å²) in [6, 6.07) is 8.01. The van der Waals surface area contributed by atoms with Crippen LogP contribution in [0.15, 0.2) is 24.3 Å². The third-order valence-corrected chi connectivity index (χ3v) is 2.28. The van der Waals surface area contributed by atoms with Gasteiger partial charge in [0.25, 0.3) is 5.20 Å². The SMILES string of the molecule is CCOC(Br)Oc1cccc(CC)c1. The molecule has 1 aromatic rings. The van der Waals surface area contributed by atoms with Gasteiger partial charge in [0.2, 0.25) is 0 Å². The van der Waals surface area contributed by atoms with Gasteiger partial charge >= 0.3 is 0 Å². The Hall–Kier alpha value is -0.540. The third kappa shape index (κ3) is 3.68. The molecule has 1 rings (SSSR count). The number of alkyl halides is 1. The molecule has 0 heterocycles. The zero-order valence-corrected chi connectivity index (χ0v) is 10.1. The summed E-state index contributed by atoms with van der Waals surface area (Å²) in [5.41, 5.74) is 1.26. The van der Waals surface area contributed by atoms with Gasteiger partial charge in [0, 0.05) is 6.61 Å². The van der Waals surface area contributed by atoms with E-state index < -0.39 is 0 Å². The molecular weight excluding hydrogens is 244 g/mol. The van der Waals surface area contributed by atoms with Crippen molar-refractivity contribution < 1.29 is 9.47 Å². The van der Waals surface area contributed by atoms with Gasteiger partial charge in [-0.25, -0.2) is 0 Å².